The molecule has 0 radical (unpaired) electrons. The van der Waals surface area contributed by atoms with E-state index in [1.54, 1.807) is 12.7 Å². The predicted molar refractivity (Wildman–Crippen MR) is 84.6 cm³/mol. The van der Waals surface area contributed by atoms with Gasteiger partial charge in [-0.05, 0) is 38.4 Å². The fourth-order valence-corrected chi connectivity index (χ4v) is 3.07. The summed E-state index contributed by atoms with van der Waals surface area (Å²) in [7, 11) is 2.21. The molecule has 1 aromatic heterocycles. The van der Waals surface area contributed by atoms with E-state index in [1.165, 1.54) is 0 Å². The smallest absolute Gasteiger partial charge is 0.138 e. The number of nitrogens with zero attached hydrogens (tertiary/aromatic N) is 4. The Morgan fingerprint density at radius 1 is 1.24 bits per heavy atom. The highest BCUT2D eigenvalue weighted by Crippen LogP contribution is 2.27. The molecule has 1 aliphatic heterocycles. The molecule has 5 nitrogen and oxygen atoms in total. The van der Waals surface area contributed by atoms with Crippen molar-refractivity contribution in [3.63, 3.8) is 0 Å². The van der Waals surface area contributed by atoms with Gasteiger partial charge in [0.15, 0.2) is 0 Å². The van der Waals surface area contributed by atoms with Crippen molar-refractivity contribution < 1.29 is 0 Å². The first-order valence-electron chi connectivity index (χ1n) is 7.56. The Morgan fingerprint density at radius 3 is 2.81 bits per heavy atom. The maximum absolute atomic E-state index is 4.24. The van der Waals surface area contributed by atoms with Crippen molar-refractivity contribution in [1.82, 2.24) is 19.7 Å². The minimum absolute atomic E-state index is 0.487. The van der Waals surface area contributed by atoms with Crippen LogP contribution in [0, 0.1) is 5.92 Å². The summed E-state index contributed by atoms with van der Waals surface area (Å²) in [5.41, 5.74) is 2.17. The Labute approximate surface area is 126 Å². The number of likely N-dealkylation sites (tertiary alicyclic amines) is 1. The van der Waals surface area contributed by atoms with Crippen LogP contribution in [0.15, 0.2) is 36.9 Å². The van der Waals surface area contributed by atoms with Crippen LogP contribution in [0.2, 0.25) is 0 Å². The quantitative estimate of drug-likeness (QED) is 0.940. The molecule has 3 unspecified atom stereocenters. The van der Waals surface area contributed by atoms with Gasteiger partial charge in [0.25, 0.3) is 0 Å². The van der Waals surface area contributed by atoms with Crippen molar-refractivity contribution in [2.45, 2.75) is 32.4 Å². The molecule has 2 aromatic rings. The number of benzene rings is 1. The highest BCUT2D eigenvalue weighted by Gasteiger charge is 2.29. The first kappa shape index (κ1) is 14.1. The zero-order valence-corrected chi connectivity index (χ0v) is 12.9. The van der Waals surface area contributed by atoms with Crippen LogP contribution in [0.3, 0.4) is 0 Å². The Morgan fingerprint density at radius 2 is 2.05 bits per heavy atom. The Bertz CT molecular complexity index is 580. The third-order valence-electron chi connectivity index (χ3n) is 4.52. The van der Waals surface area contributed by atoms with E-state index < -0.39 is 0 Å². The summed E-state index contributed by atoms with van der Waals surface area (Å²) < 4.78 is 1.81. The molecule has 0 saturated carbocycles. The summed E-state index contributed by atoms with van der Waals surface area (Å²) >= 11 is 0. The van der Waals surface area contributed by atoms with Gasteiger partial charge < -0.3 is 10.2 Å². The second kappa shape index (κ2) is 5.85. The maximum atomic E-state index is 4.24. The Kier molecular flexibility index (Phi) is 3.92. The summed E-state index contributed by atoms with van der Waals surface area (Å²) in [4.78, 5) is 6.48. The lowest BCUT2D eigenvalue weighted by atomic mass is 9.89. The molecule has 5 heteroatoms. The van der Waals surface area contributed by atoms with Gasteiger partial charge in [0, 0.05) is 18.6 Å². The van der Waals surface area contributed by atoms with Gasteiger partial charge in [-0.2, -0.15) is 5.10 Å². The summed E-state index contributed by atoms with van der Waals surface area (Å²) in [5.74, 6) is 0.620. The van der Waals surface area contributed by atoms with E-state index in [9.17, 15) is 0 Å². The van der Waals surface area contributed by atoms with Gasteiger partial charge >= 0.3 is 0 Å². The number of rotatable bonds is 3. The average molecular weight is 285 g/mol. The highest BCUT2D eigenvalue weighted by molar-refractivity contribution is 5.61. The molecule has 0 aliphatic carbocycles. The highest BCUT2D eigenvalue weighted by atomic mass is 15.3. The summed E-state index contributed by atoms with van der Waals surface area (Å²) in [6, 6.07) is 9.37. The van der Waals surface area contributed by atoms with Gasteiger partial charge in [-0.25, -0.2) is 9.67 Å². The van der Waals surface area contributed by atoms with Gasteiger partial charge in [0.05, 0.1) is 11.4 Å². The SMILES string of the molecule is CC1CN(C)C(C)CC1Nc1ccccc1-n1cncn1. The summed E-state index contributed by atoms with van der Waals surface area (Å²) in [6.07, 6.45) is 4.46. The standard InChI is InChI=1S/C16H23N5/c1-12-9-20(3)13(2)8-15(12)19-14-6-4-5-7-16(14)21-11-17-10-18-21/h4-7,10-13,15,19H,8-9H2,1-3H3. The lowest BCUT2D eigenvalue weighted by molar-refractivity contribution is 0.145. The van der Waals surface area contributed by atoms with Crippen molar-refractivity contribution in [1.29, 1.82) is 0 Å². The molecule has 0 bridgehead atoms. The minimum Gasteiger partial charge on any atom is -0.380 e. The average Bonchev–Trinajstić information content (AvgIpc) is 2.99. The van der Waals surface area contributed by atoms with Crippen LogP contribution in [-0.4, -0.2) is 45.3 Å². The van der Waals surface area contributed by atoms with Crippen LogP contribution < -0.4 is 5.32 Å². The minimum atomic E-state index is 0.487. The van der Waals surface area contributed by atoms with E-state index in [0.717, 1.165) is 24.3 Å². The molecule has 1 N–H and O–H groups in total. The summed E-state index contributed by atoms with van der Waals surface area (Å²) in [5, 5.41) is 7.97. The topological polar surface area (TPSA) is 46.0 Å². The van der Waals surface area contributed by atoms with E-state index in [0.29, 0.717) is 18.0 Å². The van der Waals surface area contributed by atoms with Crippen molar-refractivity contribution in [3.05, 3.63) is 36.9 Å². The molecule has 3 atom stereocenters. The first-order valence-corrected chi connectivity index (χ1v) is 7.56. The molecule has 21 heavy (non-hydrogen) atoms. The lowest BCUT2D eigenvalue weighted by Crippen LogP contribution is -2.48. The molecule has 1 fully saturated rings. The van der Waals surface area contributed by atoms with Crippen LogP contribution in [0.5, 0.6) is 0 Å². The van der Waals surface area contributed by atoms with Crippen LogP contribution in [-0.2, 0) is 0 Å². The number of para-hydroxylation sites is 2. The molecule has 2 heterocycles. The number of hydrogen-bond donors (Lipinski definition) is 1. The van der Waals surface area contributed by atoms with Crippen LogP contribution in [0.4, 0.5) is 5.69 Å². The fourth-order valence-electron chi connectivity index (χ4n) is 3.07. The maximum Gasteiger partial charge on any atom is 0.138 e. The van der Waals surface area contributed by atoms with E-state index in [-0.39, 0.29) is 0 Å². The van der Waals surface area contributed by atoms with Crippen LogP contribution in [0.1, 0.15) is 20.3 Å². The molecule has 0 amide bonds. The van der Waals surface area contributed by atoms with E-state index >= 15 is 0 Å². The van der Waals surface area contributed by atoms with Gasteiger partial charge in [0.2, 0.25) is 0 Å². The van der Waals surface area contributed by atoms with Gasteiger partial charge in [-0.3, -0.25) is 0 Å². The predicted octanol–water partition coefficient (Wildman–Crippen LogP) is 2.41. The monoisotopic (exact) mass is 285 g/mol. The molecule has 0 spiro atoms. The van der Waals surface area contributed by atoms with E-state index in [2.05, 4.69) is 59.4 Å². The molecule has 1 saturated heterocycles. The molecule has 3 rings (SSSR count). The van der Waals surface area contributed by atoms with Crippen molar-refractivity contribution in [2.24, 2.45) is 5.92 Å². The summed E-state index contributed by atoms with van der Waals surface area (Å²) in [6.45, 7) is 5.74. The zero-order valence-electron chi connectivity index (χ0n) is 12.9. The Hall–Kier alpha value is -1.88. The lowest BCUT2D eigenvalue weighted by Gasteiger charge is -2.40. The third-order valence-corrected chi connectivity index (χ3v) is 4.52. The molecule has 112 valence electrons. The van der Waals surface area contributed by atoms with E-state index in [4.69, 9.17) is 0 Å². The number of piperidine rings is 1. The molecular formula is C16H23N5. The second-order valence-corrected chi connectivity index (χ2v) is 6.11. The first-order chi connectivity index (χ1) is 10.1. The van der Waals surface area contributed by atoms with Crippen molar-refractivity contribution in [3.8, 4) is 5.69 Å². The largest absolute Gasteiger partial charge is 0.380 e. The third kappa shape index (κ3) is 2.93. The van der Waals surface area contributed by atoms with Crippen molar-refractivity contribution in [2.75, 3.05) is 18.9 Å². The molecular weight excluding hydrogens is 262 g/mol. The van der Waals surface area contributed by atoms with Crippen molar-refractivity contribution >= 4 is 5.69 Å². The zero-order chi connectivity index (χ0) is 14.8. The Balaban J connectivity index is 1.82. The number of anilines is 1. The van der Waals surface area contributed by atoms with Crippen LogP contribution in [0.25, 0.3) is 5.69 Å². The van der Waals surface area contributed by atoms with Gasteiger partial charge in [-0.1, -0.05) is 19.1 Å². The normalized spacial score (nSPS) is 26.7. The van der Waals surface area contributed by atoms with Crippen LogP contribution >= 0.6 is 0 Å². The fraction of sp³-hybridized carbons (Fsp3) is 0.500. The number of hydrogen-bond acceptors (Lipinski definition) is 4. The number of aromatic nitrogens is 3. The number of nitrogens with one attached hydrogen (secondary N) is 1. The van der Waals surface area contributed by atoms with Gasteiger partial charge in [-0.15, -0.1) is 0 Å². The molecule has 1 aliphatic rings. The second-order valence-electron chi connectivity index (χ2n) is 6.11. The molecule has 1 aromatic carbocycles. The van der Waals surface area contributed by atoms with E-state index in [1.807, 2.05) is 10.7 Å². The van der Waals surface area contributed by atoms with Gasteiger partial charge in [0.1, 0.15) is 12.7 Å².